The van der Waals surface area contributed by atoms with Gasteiger partial charge in [-0.15, -0.1) is 0 Å². The maximum atomic E-state index is 9.82. The van der Waals surface area contributed by atoms with Gasteiger partial charge in [0.1, 0.15) is 0 Å². The van der Waals surface area contributed by atoms with E-state index in [0.717, 1.165) is 12.8 Å². The lowest BCUT2D eigenvalue weighted by Crippen LogP contribution is -2.02. The average Bonchev–Trinajstić information content (AvgIpc) is 3.14. The highest BCUT2D eigenvalue weighted by Gasteiger charge is 2.28. The highest BCUT2D eigenvalue weighted by molar-refractivity contribution is 5.10. The van der Waals surface area contributed by atoms with Crippen molar-refractivity contribution in [1.82, 2.24) is 5.32 Å². The lowest BCUT2D eigenvalue weighted by molar-refractivity contribution is 0.207. The smallest absolute Gasteiger partial charge is 0.0721 e. The van der Waals surface area contributed by atoms with Gasteiger partial charge in [0, 0.05) is 12.1 Å². The van der Waals surface area contributed by atoms with Crippen LogP contribution < -0.4 is 5.32 Å². The zero-order valence-electron chi connectivity index (χ0n) is 13.6. The average molecular weight is 281 g/mol. The van der Waals surface area contributed by atoms with E-state index in [2.05, 4.69) is 25.2 Å². The van der Waals surface area contributed by atoms with E-state index < -0.39 is 0 Å². The van der Waals surface area contributed by atoms with Gasteiger partial charge in [-0.2, -0.15) is 0 Å². The molecule has 118 valence electrons. The van der Waals surface area contributed by atoms with Gasteiger partial charge in [-0.05, 0) is 13.3 Å². The van der Waals surface area contributed by atoms with Gasteiger partial charge in [-0.25, -0.2) is 0 Å². The lowest BCUT2D eigenvalue weighted by atomic mass is 10.0. The summed E-state index contributed by atoms with van der Waals surface area (Å²) >= 11 is 0. The Morgan fingerprint density at radius 2 is 1.45 bits per heavy atom. The summed E-state index contributed by atoms with van der Waals surface area (Å²) in [5.41, 5.74) is 0. The summed E-state index contributed by atoms with van der Waals surface area (Å²) in [6.07, 6.45) is 18.3. The molecule has 0 bridgehead atoms. The van der Waals surface area contributed by atoms with E-state index in [0.29, 0.717) is 12.1 Å². The van der Waals surface area contributed by atoms with Crippen LogP contribution in [-0.4, -0.2) is 23.3 Å². The van der Waals surface area contributed by atoms with Crippen molar-refractivity contribution in [3.8, 4) is 0 Å². The Labute approximate surface area is 126 Å². The Morgan fingerprint density at radius 1 is 0.950 bits per heavy atom. The van der Waals surface area contributed by atoms with Gasteiger partial charge < -0.3 is 10.4 Å². The molecule has 1 aliphatic heterocycles. The minimum atomic E-state index is -0.237. The fourth-order valence-corrected chi connectivity index (χ4v) is 2.66. The molecule has 2 nitrogen and oxygen atoms in total. The molecule has 0 spiro atoms. The van der Waals surface area contributed by atoms with Crippen molar-refractivity contribution >= 4 is 0 Å². The number of rotatable bonds is 13. The molecular formula is C18H35NO. The van der Waals surface area contributed by atoms with Gasteiger partial charge in [-0.3, -0.25) is 0 Å². The van der Waals surface area contributed by atoms with E-state index in [1.165, 1.54) is 57.8 Å². The second-order valence-electron chi connectivity index (χ2n) is 6.40. The van der Waals surface area contributed by atoms with Crippen LogP contribution in [0.3, 0.4) is 0 Å². The van der Waals surface area contributed by atoms with Crippen LogP contribution in [0.2, 0.25) is 0 Å². The number of unbranched alkanes of at least 4 members (excludes halogenated alkanes) is 9. The molecule has 20 heavy (non-hydrogen) atoms. The monoisotopic (exact) mass is 281 g/mol. The second-order valence-corrected chi connectivity index (χ2v) is 6.40. The maximum Gasteiger partial charge on any atom is 0.0721 e. The first-order chi connectivity index (χ1) is 9.74. The first-order valence-electron chi connectivity index (χ1n) is 8.86. The Kier molecular flexibility index (Phi) is 10.0. The van der Waals surface area contributed by atoms with Crippen LogP contribution in [0.15, 0.2) is 12.2 Å². The van der Waals surface area contributed by atoms with Gasteiger partial charge in [-0.1, -0.05) is 83.3 Å². The maximum absolute atomic E-state index is 9.82. The Hall–Kier alpha value is -0.340. The summed E-state index contributed by atoms with van der Waals surface area (Å²) in [5, 5.41) is 13.1. The van der Waals surface area contributed by atoms with Gasteiger partial charge in [0.15, 0.2) is 0 Å². The van der Waals surface area contributed by atoms with Gasteiger partial charge in [0.2, 0.25) is 0 Å². The summed E-state index contributed by atoms with van der Waals surface area (Å²) in [6, 6.07) is 1.12. The van der Waals surface area contributed by atoms with E-state index in [1.807, 2.05) is 6.08 Å². The molecule has 2 N–H and O–H groups in total. The van der Waals surface area contributed by atoms with E-state index in [9.17, 15) is 5.11 Å². The van der Waals surface area contributed by atoms with Crippen LogP contribution in [0.1, 0.15) is 84.5 Å². The fraction of sp³-hybridized carbons (Fsp3) is 0.889. The van der Waals surface area contributed by atoms with Crippen LogP contribution in [0, 0.1) is 0 Å². The summed E-state index contributed by atoms with van der Waals surface area (Å²) in [7, 11) is 0. The Balaban J connectivity index is 1.78. The predicted octanol–water partition coefficient (Wildman–Crippen LogP) is 4.57. The molecule has 0 aliphatic carbocycles. The minimum absolute atomic E-state index is 0.237. The number of aliphatic hydroxyl groups excluding tert-OH is 1. The summed E-state index contributed by atoms with van der Waals surface area (Å²) in [6.45, 7) is 4.44. The first-order valence-corrected chi connectivity index (χ1v) is 8.86. The van der Waals surface area contributed by atoms with Gasteiger partial charge in [0.05, 0.1) is 6.10 Å². The molecule has 0 amide bonds. The molecular weight excluding hydrogens is 246 g/mol. The number of hydrogen-bond acceptors (Lipinski definition) is 2. The van der Waals surface area contributed by atoms with Crippen molar-refractivity contribution in [2.24, 2.45) is 0 Å². The van der Waals surface area contributed by atoms with E-state index in [4.69, 9.17) is 0 Å². The van der Waals surface area contributed by atoms with Crippen LogP contribution in [-0.2, 0) is 0 Å². The minimum Gasteiger partial charge on any atom is -0.389 e. The van der Waals surface area contributed by atoms with Crippen LogP contribution in [0.25, 0.3) is 0 Å². The largest absolute Gasteiger partial charge is 0.389 e. The Bertz CT molecular complexity index is 252. The molecule has 3 unspecified atom stereocenters. The van der Waals surface area contributed by atoms with Crippen LogP contribution in [0.4, 0.5) is 0 Å². The van der Waals surface area contributed by atoms with Crippen LogP contribution in [0.5, 0.6) is 0 Å². The molecule has 0 aromatic carbocycles. The third kappa shape index (κ3) is 9.55. The van der Waals surface area contributed by atoms with E-state index >= 15 is 0 Å². The molecule has 0 radical (unpaired) electrons. The normalized spacial score (nSPS) is 23.4. The first kappa shape index (κ1) is 17.7. The molecule has 0 saturated carbocycles. The third-order valence-electron chi connectivity index (χ3n) is 4.28. The molecule has 3 atom stereocenters. The highest BCUT2D eigenvalue weighted by Crippen LogP contribution is 2.14. The number of hydrogen-bond donors (Lipinski definition) is 2. The van der Waals surface area contributed by atoms with Crippen molar-refractivity contribution in [3.63, 3.8) is 0 Å². The Morgan fingerprint density at radius 3 is 1.95 bits per heavy atom. The van der Waals surface area contributed by atoms with Gasteiger partial charge >= 0.3 is 0 Å². The number of aliphatic hydroxyl groups is 1. The zero-order chi connectivity index (χ0) is 14.6. The molecule has 1 heterocycles. The zero-order valence-corrected chi connectivity index (χ0v) is 13.6. The lowest BCUT2D eigenvalue weighted by Gasteiger charge is -2.05. The van der Waals surface area contributed by atoms with E-state index in [-0.39, 0.29) is 6.10 Å². The standard InChI is InChI=1S/C18H35NO/c1-3-4-5-6-7-8-9-10-11-12-13-17(20)14-15-18-16(2)19-18/h14-20H,3-13H2,1-2H3/b15-14+. The van der Waals surface area contributed by atoms with Crippen molar-refractivity contribution in [2.75, 3.05) is 0 Å². The summed E-state index contributed by atoms with van der Waals surface area (Å²) < 4.78 is 0. The third-order valence-corrected chi connectivity index (χ3v) is 4.28. The molecule has 1 aliphatic rings. The molecule has 1 rings (SSSR count). The number of nitrogens with one attached hydrogen (secondary N) is 1. The quantitative estimate of drug-likeness (QED) is 0.295. The van der Waals surface area contributed by atoms with Crippen molar-refractivity contribution in [1.29, 1.82) is 0 Å². The molecule has 2 heteroatoms. The molecule has 1 fully saturated rings. The molecule has 0 aromatic rings. The highest BCUT2D eigenvalue weighted by atomic mass is 16.3. The van der Waals surface area contributed by atoms with Crippen molar-refractivity contribution in [2.45, 2.75) is 103 Å². The predicted molar refractivity (Wildman–Crippen MR) is 88.0 cm³/mol. The van der Waals surface area contributed by atoms with Crippen molar-refractivity contribution in [3.05, 3.63) is 12.2 Å². The van der Waals surface area contributed by atoms with Gasteiger partial charge in [0.25, 0.3) is 0 Å². The molecule has 1 saturated heterocycles. The molecule has 0 aromatic heterocycles. The summed E-state index contributed by atoms with van der Waals surface area (Å²) in [5.74, 6) is 0. The van der Waals surface area contributed by atoms with Crippen LogP contribution >= 0.6 is 0 Å². The fourth-order valence-electron chi connectivity index (χ4n) is 2.66. The summed E-state index contributed by atoms with van der Waals surface area (Å²) in [4.78, 5) is 0. The second kappa shape index (κ2) is 11.3. The van der Waals surface area contributed by atoms with E-state index in [1.54, 1.807) is 0 Å². The topological polar surface area (TPSA) is 42.2 Å². The van der Waals surface area contributed by atoms with Crippen molar-refractivity contribution < 1.29 is 5.11 Å². The SMILES string of the molecule is CCCCCCCCCCCCC(O)/C=C/C1NC1C.